The van der Waals surface area contributed by atoms with Gasteiger partial charge in [0, 0.05) is 44.2 Å². The monoisotopic (exact) mass is 712 g/mol. The minimum atomic E-state index is 0.665. The second kappa shape index (κ2) is 12.0. The Morgan fingerprint density at radius 3 is 1.46 bits per heavy atom. The fourth-order valence-corrected chi connectivity index (χ4v) is 8.99. The Kier molecular flexibility index (Phi) is 6.60. The lowest BCUT2D eigenvalue weighted by molar-refractivity contribution is 1.01. The van der Waals surface area contributed by atoms with Crippen LogP contribution in [-0.2, 0) is 0 Å². The standard InChI is InChI=1S/C52H32N4/c1-2-13-33(14-3-1)34-25-27-35(28-26-34)36-15-12-16-37(29-36)55-47-23-10-8-20-41(47)44-31-50-45(30-49(44)55)42-21-9-11-24-48(42)56(50)52-53-32-46-40-19-5-4-17-38(40)39-18-6-7-22-43(39)51(46)54-52/h1-32H. The first-order valence-electron chi connectivity index (χ1n) is 19.1. The molecule has 3 heterocycles. The van der Waals surface area contributed by atoms with Crippen molar-refractivity contribution in [3.05, 3.63) is 194 Å². The van der Waals surface area contributed by atoms with Crippen molar-refractivity contribution in [3.63, 3.8) is 0 Å². The van der Waals surface area contributed by atoms with E-state index < -0.39 is 0 Å². The average Bonchev–Trinajstić information content (AvgIpc) is 3.78. The molecule has 12 rings (SSSR count). The predicted molar refractivity (Wildman–Crippen MR) is 234 cm³/mol. The Hall–Kier alpha value is -7.56. The SMILES string of the molecule is c1ccc(-c2ccc(-c3cccc(-n4c5ccccc5c5cc6c(cc54)c4ccccc4n6-c4ncc5c6ccccc6c6ccccc6c5n4)c3)cc2)cc1. The summed E-state index contributed by atoms with van der Waals surface area (Å²) in [4.78, 5) is 10.5. The van der Waals surface area contributed by atoms with Gasteiger partial charge >= 0.3 is 0 Å². The number of hydrogen-bond donors (Lipinski definition) is 0. The minimum absolute atomic E-state index is 0.665. The maximum atomic E-state index is 5.40. The van der Waals surface area contributed by atoms with E-state index in [1.165, 1.54) is 54.7 Å². The van der Waals surface area contributed by atoms with E-state index in [9.17, 15) is 0 Å². The van der Waals surface area contributed by atoms with E-state index >= 15 is 0 Å². The maximum absolute atomic E-state index is 5.40. The highest BCUT2D eigenvalue weighted by atomic mass is 15.2. The van der Waals surface area contributed by atoms with Gasteiger partial charge in [-0.3, -0.25) is 4.57 Å². The average molecular weight is 713 g/mol. The van der Waals surface area contributed by atoms with Gasteiger partial charge in [0.15, 0.2) is 0 Å². The Morgan fingerprint density at radius 1 is 0.304 bits per heavy atom. The molecule has 0 amide bonds. The van der Waals surface area contributed by atoms with Crippen LogP contribution in [0.25, 0.3) is 110 Å². The van der Waals surface area contributed by atoms with Crippen molar-refractivity contribution >= 4 is 76.1 Å². The van der Waals surface area contributed by atoms with Crippen LogP contribution >= 0.6 is 0 Å². The highest BCUT2D eigenvalue weighted by Crippen LogP contribution is 2.41. The number of para-hydroxylation sites is 2. The van der Waals surface area contributed by atoms with Crippen LogP contribution < -0.4 is 0 Å². The van der Waals surface area contributed by atoms with Crippen LogP contribution in [0, 0.1) is 0 Å². The van der Waals surface area contributed by atoms with Gasteiger partial charge in [0.2, 0.25) is 5.95 Å². The summed E-state index contributed by atoms with van der Waals surface area (Å²) in [5.74, 6) is 0.665. The minimum Gasteiger partial charge on any atom is -0.309 e. The van der Waals surface area contributed by atoms with Crippen molar-refractivity contribution in [1.82, 2.24) is 19.1 Å². The number of benzene rings is 9. The van der Waals surface area contributed by atoms with Crippen molar-refractivity contribution in [2.75, 3.05) is 0 Å². The van der Waals surface area contributed by atoms with Crippen molar-refractivity contribution in [2.24, 2.45) is 0 Å². The Bertz CT molecular complexity index is 3480. The summed E-state index contributed by atoms with van der Waals surface area (Å²) in [7, 11) is 0. The van der Waals surface area contributed by atoms with Crippen molar-refractivity contribution in [1.29, 1.82) is 0 Å². The molecule has 3 aromatic heterocycles. The molecule has 0 bridgehead atoms. The summed E-state index contributed by atoms with van der Waals surface area (Å²) < 4.78 is 4.67. The van der Waals surface area contributed by atoms with Crippen LogP contribution in [0.5, 0.6) is 0 Å². The molecule has 0 N–H and O–H groups in total. The first-order chi connectivity index (χ1) is 27.8. The highest BCUT2D eigenvalue weighted by Gasteiger charge is 2.20. The molecule has 0 radical (unpaired) electrons. The van der Waals surface area contributed by atoms with Gasteiger partial charge in [0.05, 0.1) is 27.6 Å². The molecule has 12 aromatic rings. The fraction of sp³-hybridized carbons (Fsp3) is 0. The van der Waals surface area contributed by atoms with Crippen LogP contribution in [0.3, 0.4) is 0 Å². The zero-order valence-corrected chi connectivity index (χ0v) is 30.3. The highest BCUT2D eigenvalue weighted by molar-refractivity contribution is 6.24. The van der Waals surface area contributed by atoms with Gasteiger partial charge in [0.1, 0.15) is 0 Å². The van der Waals surface area contributed by atoms with Crippen molar-refractivity contribution < 1.29 is 0 Å². The summed E-state index contributed by atoms with van der Waals surface area (Å²) in [6.45, 7) is 0. The lowest BCUT2D eigenvalue weighted by Gasteiger charge is -2.12. The number of fused-ring (bicyclic) bond motifs is 12. The molecule has 0 aliphatic carbocycles. The first kappa shape index (κ1) is 30.9. The molecule has 260 valence electrons. The van der Waals surface area contributed by atoms with Gasteiger partial charge in [-0.15, -0.1) is 0 Å². The molecule has 0 saturated carbocycles. The third kappa shape index (κ3) is 4.53. The van der Waals surface area contributed by atoms with Crippen LogP contribution in [-0.4, -0.2) is 19.1 Å². The lowest BCUT2D eigenvalue weighted by Crippen LogP contribution is -2.01. The van der Waals surface area contributed by atoms with Gasteiger partial charge in [-0.25, -0.2) is 9.97 Å². The molecular weight excluding hydrogens is 681 g/mol. The van der Waals surface area contributed by atoms with E-state index in [4.69, 9.17) is 9.97 Å². The number of rotatable bonds is 4. The Balaban J connectivity index is 1.08. The maximum Gasteiger partial charge on any atom is 0.235 e. The van der Waals surface area contributed by atoms with Crippen LogP contribution in [0.2, 0.25) is 0 Å². The molecule has 56 heavy (non-hydrogen) atoms. The molecule has 0 spiro atoms. The van der Waals surface area contributed by atoms with Gasteiger partial charge in [-0.1, -0.05) is 152 Å². The zero-order chi connectivity index (χ0) is 36.7. The van der Waals surface area contributed by atoms with Crippen molar-refractivity contribution in [3.8, 4) is 33.9 Å². The normalized spacial score (nSPS) is 11.9. The van der Waals surface area contributed by atoms with Crippen LogP contribution in [0.15, 0.2) is 194 Å². The predicted octanol–water partition coefficient (Wildman–Crippen LogP) is 13.5. The molecule has 0 unspecified atom stereocenters. The smallest absolute Gasteiger partial charge is 0.235 e. The van der Waals surface area contributed by atoms with Crippen LogP contribution in [0.4, 0.5) is 0 Å². The largest absolute Gasteiger partial charge is 0.309 e. The molecular formula is C52H32N4. The molecule has 0 atom stereocenters. The van der Waals surface area contributed by atoms with Gasteiger partial charge in [-0.05, 0) is 74.8 Å². The number of nitrogens with zero attached hydrogens (tertiary/aromatic N) is 4. The topological polar surface area (TPSA) is 35.6 Å². The summed E-state index contributed by atoms with van der Waals surface area (Å²) in [5, 5.41) is 10.5. The van der Waals surface area contributed by atoms with Crippen molar-refractivity contribution in [2.45, 2.75) is 0 Å². The zero-order valence-electron chi connectivity index (χ0n) is 30.3. The van der Waals surface area contributed by atoms with Gasteiger partial charge < -0.3 is 4.57 Å². The third-order valence-electron chi connectivity index (χ3n) is 11.6. The second-order valence-corrected chi connectivity index (χ2v) is 14.6. The molecule has 0 aliphatic rings. The third-order valence-corrected chi connectivity index (χ3v) is 11.6. The van der Waals surface area contributed by atoms with E-state index in [1.54, 1.807) is 0 Å². The summed E-state index contributed by atoms with van der Waals surface area (Å²) in [6, 6.07) is 67.6. The molecule has 0 aliphatic heterocycles. The quantitative estimate of drug-likeness (QED) is 0.170. The first-order valence-corrected chi connectivity index (χ1v) is 19.1. The summed E-state index contributed by atoms with van der Waals surface area (Å²) in [6.07, 6.45) is 2.01. The molecule has 0 fully saturated rings. The molecule has 4 nitrogen and oxygen atoms in total. The van der Waals surface area contributed by atoms with E-state index in [0.717, 1.165) is 49.3 Å². The van der Waals surface area contributed by atoms with Crippen LogP contribution in [0.1, 0.15) is 0 Å². The van der Waals surface area contributed by atoms with E-state index in [2.05, 4.69) is 197 Å². The number of hydrogen-bond acceptors (Lipinski definition) is 2. The summed E-state index contributed by atoms with van der Waals surface area (Å²) in [5.41, 5.74) is 11.4. The van der Waals surface area contributed by atoms with E-state index in [-0.39, 0.29) is 0 Å². The second-order valence-electron chi connectivity index (χ2n) is 14.6. The van der Waals surface area contributed by atoms with Gasteiger partial charge in [-0.2, -0.15) is 0 Å². The van der Waals surface area contributed by atoms with E-state index in [1.807, 2.05) is 6.20 Å². The molecule has 4 heteroatoms. The Labute approximate surface area is 322 Å². The van der Waals surface area contributed by atoms with E-state index in [0.29, 0.717) is 5.95 Å². The lowest BCUT2D eigenvalue weighted by atomic mass is 9.98. The Morgan fingerprint density at radius 2 is 0.786 bits per heavy atom. The number of aromatic nitrogens is 4. The summed E-state index contributed by atoms with van der Waals surface area (Å²) >= 11 is 0. The molecule has 0 saturated heterocycles. The van der Waals surface area contributed by atoms with Gasteiger partial charge in [0.25, 0.3) is 0 Å². The molecule has 9 aromatic carbocycles. The fourth-order valence-electron chi connectivity index (χ4n) is 8.99.